The van der Waals surface area contributed by atoms with Gasteiger partial charge in [0.1, 0.15) is 5.82 Å². The van der Waals surface area contributed by atoms with Gasteiger partial charge in [0.15, 0.2) is 5.82 Å². The Balaban J connectivity index is 1.58. The van der Waals surface area contributed by atoms with Crippen molar-refractivity contribution in [2.75, 3.05) is 16.2 Å². The third-order valence-corrected chi connectivity index (χ3v) is 4.71. The van der Waals surface area contributed by atoms with E-state index in [0.717, 1.165) is 33.6 Å². The highest BCUT2D eigenvalue weighted by Crippen LogP contribution is 2.38. The van der Waals surface area contributed by atoms with E-state index in [9.17, 15) is 0 Å². The lowest BCUT2D eigenvalue weighted by Gasteiger charge is -2.14. The first kappa shape index (κ1) is 15.0. The molecule has 0 fully saturated rings. The molecule has 0 spiro atoms. The van der Waals surface area contributed by atoms with Crippen LogP contribution in [0.2, 0.25) is 5.02 Å². The van der Waals surface area contributed by atoms with E-state index in [2.05, 4.69) is 15.4 Å². The van der Waals surface area contributed by atoms with Crippen molar-refractivity contribution in [1.82, 2.24) is 9.97 Å². The Hall–Kier alpha value is -3.25. The molecule has 0 aliphatic carbocycles. The number of nitrogens with two attached hydrogens (primary N) is 1. The number of rotatable bonds is 2. The van der Waals surface area contributed by atoms with E-state index in [1.165, 1.54) is 0 Å². The van der Waals surface area contributed by atoms with Crippen molar-refractivity contribution in [3.63, 3.8) is 0 Å². The number of fused-ring (bicyclic) bond motifs is 2. The maximum atomic E-state index is 6.50. The Labute approximate surface area is 154 Å². The molecule has 0 bridgehead atoms. The van der Waals surface area contributed by atoms with Gasteiger partial charge in [0.2, 0.25) is 5.88 Å². The normalized spacial score (nSPS) is 13.0. The van der Waals surface area contributed by atoms with Crippen LogP contribution in [-0.4, -0.2) is 9.97 Å². The average molecular weight is 364 g/mol. The van der Waals surface area contributed by atoms with Crippen molar-refractivity contribution >= 4 is 39.9 Å². The molecule has 2 aromatic carbocycles. The van der Waals surface area contributed by atoms with Crippen LogP contribution in [-0.2, 0) is 6.54 Å². The van der Waals surface area contributed by atoms with Crippen LogP contribution >= 0.6 is 11.6 Å². The Morgan fingerprint density at radius 2 is 2.00 bits per heavy atom. The van der Waals surface area contributed by atoms with Crippen LogP contribution in [0.4, 0.5) is 17.4 Å². The summed E-state index contributed by atoms with van der Waals surface area (Å²) < 4.78 is 5.45. The second kappa shape index (κ2) is 5.64. The van der Waals surface area contributed by atoms with Crippen molar-refractivity contribution in [2.24, 2.45) is 0 Å². The van der Waals surface area contributed by atoms with Gasteiger partial charge in [-0.25, -0.2) is 9.97 Å². The molecule has 2 aromatic heterocycles. The highest BCUT2D eigenvalue weighted by Gasteiger charge is 2.24. The molecule has 0 amide bonds. The molecule has 0 atom stereocenters. The lowest BCUT2D eigenvalue weighted by atomic mass is 10.1. The van der Waals surface area contributed by atoms with E-state index in [-0.39, 0.29) is 0 Å². The van der Waals surface area contributed by atoms with Gasteiger partial charge in [-0.05, 0) is 30.3 Å². The zero-order valence-corrected chi connectivity index (χ0v) is 14.4. The fraction of sp³-hybridized carbons (Fsp3) is 0.0526. The maximum Gasteiger partial charge on any atom is 0.213 e. The summed E-state index contributed by atoms with van der Waals surface area (Å²) in [7, 11) is 0. The number of hydrogen-bond acceptors (Lipinski definition) is 6. The SMILES string of the molecule is Nc1nc(-c2cc(Cl)c3c(c2)CN(c2ccco2)N3)nc2ccccc12. The number of hydrogen-bond donors (Lipinski definition) is 2. The molecule has 0 radical (unpaired) electrons. The molecule has 3 heterocycles. The molecule has 7 heteroatoms. The standard InChI is InChI=1S/C19H14ClN5O/c20-14-9-11(19-22-15-5-2-1-4-13(15)18(21)23-19)8-12-10-25(24-17(12)14)16-6-3-7-26-16/h1-9,24H,10H2,(H2,21,22,23). The van der Waals surface area contributed by atoms with Crippen molar-refractivity contribution in [2.45, 2.75) is 6.54 Å². The van der Waals surface area contributed by atoms with Gasteiger partial charge >= 0.3 is 0 Å². The summed E-state index contributed by atoms with van der Waals surface area (Å²) in [5.74, 6) is 1.74. The fourth-order valence-corrected chi connectivity index (χ4v) is 3.46. The minimum atomic E-state index is 0.456. The predicted molar refractivity (Wildman–Crippen MR) is 103 cm³/mol. The van der Waals surface area contributed by atoms with Crippen molar-refractivity contribution in [3.05, 3.63) is 65.4 Å². The number of anilines is 3. The molecular weight excluding hydrogens is 350 g/mol. The van der Waals surface area contributed by atoms with E-state index in [1.54, 1.807) is 6.26 Å². The van der Waals surface area contributed by atoms with E-state index in [0.29, 0.717) is 23.2 Å². The Morgan fingerprint density at radius 1 is 1.12 bits per heavy atom. The summed E-state index contributed by atoms with van der Waals surface area (Å²) in [5.41, 5.74) is 12.9. The topological polar surface area (TPSA) is 80.2 Å². The molecule has 1 aliphatic heterocycles. The molecule has 1 aliphatic rings. The van der Waals surface area contributed by atoms with E-state index in [4.69, 9.17) is 21.8 Å². The summed E-state index contributed by atoms with van der Waals surface area (Å²) in [6.45, 7) is 0.624. The number of halogens is 1. The van der Waals surface area contributed by atoms with E-state index >= 15 is 0 Å². The smallest absolute Gasteiger partial charge is 0.213 e. The van der Waals surface area contributed by atoms with Gasteiger partial charge in [-0.2, -0.15) is 0 Å². The maximum absolute atomic E-state index is 6.50. The number of nitrogens with one attached hydrogen (secondary N) is 1. The average Bonchev–Trinajstić information content (AvgIpc) is 3.31. The van der Waals surface area contributed by atoms with Gasteiger partial charge in [-0.1, -0.05) is 23.7 Å². The van der Waals surface area contributed by atoms with Crippen molar-refractivity contribution < 1.29 is 4.42 Å². The van der Waals surface area contributed by atoms with Gasteiger partial charge < -0.3 is 10.2 Å². The molecule has 128 valence electrons. The van der Waals surface area contributed by atoms with Crippen LogP contribution in [0.25, 0.3) is 22.3 Å². The Kier molecular flexibility index (Phi) is 3.26. The Morgan fingerprint density at radius 3 is 2.85 bits per heavy atom. The molecule has 0 unspecified atom stereocenters. The quantitative estimate of drug-likeness (QED) is 0.547. The number of hydrazine groups is 1. The highest BCUT2D eigenvalue weighted by molar-refractivity contribution is 6.33. The number of aromatic nitrogens is 2. The third-order valence-electron chi connectivity index (χ3n) is 4.41. The van der Waals surface area contributed by atoms with Gasteiger partial charge in [0.05, 0.1) is 29.0 Å². The second-order valence-corrected chi connectivity index (χ2v) is 6.50. The summed E-state index contributed by atoms with van der Waals surface area (Å²) in [6, 6.07) is 15.3. The van der Waals surface area contributed by atoms with Gasteiger partial charge in [0.25, 0.3) is 0 Å². The van der Waals surface area contributed by atoms with Gasteiger partial charge in [-0.15, -0.1) is 0 Å². The lowest BCUT2D eigenvalue weighted by Crippen LogP contribution is -2.21. The minimum absolute atomic E-state index is 0.456. The number of nitrogens with zero attached hydrogens (tertiary/aromatic N) is 3. The number of para-hydroxylation sites is 1. The van der Waals surface area contributed by atoms with Crippen LogP contribution in [0.1, 0.15) is 5.56 Å². The van der Waals surface area contributed by atoms with Crippen molar-refractivity contribution in [3.8, 4) is 11.4 Å². The third kappa shape index (κ3) is 2.34. The summed E-state index contributed by atoms with van der Waals surface area (Å²) >= 11 is 6.50. The van der Waals surface area contributed by atoms with Crippen molar-refractivity contribution in [1.29, 1.82) is 0 Å². The molecule has 4 aromatic rings. The highest BCUT2D eigenvalue weighted by atomic mass is 35.5. The Bertz CT molecular complexity index is 1130. The molecule has 3 N–H and O–H groups in total. The molecule has 0 saturated carbocycles. The minimum Gasteiger partial charge on any atom is -0.447 e. The first-order chi connectivity index (χ1) is 12.7. The second-order valence-electron chi connectivity index (χ2n) is 6.09. The van der Waals surface area contributed by atoms with E-state index in [1.807, 2.05) is 53.5 Å². The van der Waals surface area contributed by atoms with Crippen LogP contribution in [0.3, 0.4) is 0 Å². The molecular formula is C19H14ClN5O. The van der Waals surface area contributed by atoms with Gasteiger partial charge in [0, 0.05) is 22.6 Å². The monoisotopic (exact) mass is 363 g/mol. The fourth-order valence-electron chi connectivity index (χ4n) is 3.17. The summed E-state index contributed by atoms with van der Waals surface area (Å²) in [5, 5.41) is 3.34. The van der Waals surface area contributed by atoms with E-state index < -0.39 is 0 Å². The lowest BCUT2D eigenvalue weighted by molar-refractivity contribution is 0.557. The van der Waals surface area contributed by atoms with Gasteiger partial charge in [-0.3, -0.25) is 10.4 Å². The molecule has 6 nitrogen and oxygen atoms in total. The summed E-state index contributed by atoms with van der Waals surface area (Å²) in [4.78, 5) is 9.10. The number of nitrogen functional groups attached to an aromatic ring is 1. The van der Waals surface area contributed by atoms with Crippen LogP contribution in [0.15, 0.2) is 59.2 Å². The first-order valence-corrected chi connectivity index (χ1v) is 8.49. The zero-order valence-electron chi connectivity index (χ0n) is 13.6. The molecule has 0 saturated heterocycles. The number of benzene rings is 2. The van der Waals surface area contributed by atoms with Crippen LogP contribution in [0, 0.1) is 0 Å². The zero-order chi connectivity index (χ0) is 17.7. The molecule has 5 rings (SSSR count). The number of furan rings is 1. The predicted octanol–water partition coefficient (Wildman–Crippen LogP) is 4.47. The largest absolute Gasteiger partial charge is 0.447 e. The van der Waals surface area contributed by atoms with Crippen LogP contribution < -0.4 is 16.2 Å². The summed E-state index contributed by atoms with van der Waals surface area (Å²) in [6.07, 6.45) is 1.64. The first-order valence-electron chi connectivity index (χ1n) is 8.12. The van der Waals surface area contributed by atoms with Crippen LogP contribution in [0.5, 0.6) is 0 Å². The molecule has 26 heavy (non-hydrogen) atoms.